The molecule has 2 aromatic rings. The fraction of sp³-hybridized carbons (Fsp3) is 0.350. The molecule has 0 saturated carbocycles. The van der Waals surface area contributed by atoms with Crippen LogP contribution in [0.2, 0.25) is 0 Å². The standard InChI is InChI=1S/C20H26N2O4/c1-5-25-17-11-10-14(2)12-16(17)15(3)22-20(23)21-13-26-19-9-7-6-8-18(19)24-4/h6-12,15H,5,13H2,1-4H3,(H2,21,22,23). The molecule has 0 aliphatic heterocycles. The average molecular weight is 358 g/mol. The van der Waals surface area contributed by atoms with E-state index >= 15 is 0 Å². The Labute approximate surface area is 154 Å². The van der Waals surface area contributed by atoms with Crippen molar-refractivity contribution in [3.8, 4) is 17.2 Å². The number of carbonyl (C=O) groups is 1. The van der Waals surface area contributed by atoms with Gasteiger partial charge < -0.3 is 24.8 Å². The summed E-state index contributed by atoms with van der Waals surface area (Å²) in [5.41, 5.74) is 2.05. The summed E-state index contributed by atoms with van der Waals surface area (Å²) in [5, 5.41) is 5.58. The average Bonchev–Trinajstić information content (AvgIpc) is 2.63. The van der Waals surface area contributed by atoms with Crippen LogP contribution >= 0.6 is 0 Å². The molecule has 0 aliphatic carbocycles. The zero-order valence-electron chi connectivity index (χ0n) is 15.7. The van der Waals surface area contributed by atoms with Crippen LogP contribution < -0.4 is 24.8 Å². The quantitative estimate of drug-likeness (QED) is 0.704. The molecule has 0 fully saturated rings. The highest BCUT2D eigenvalue weighted by Crippen LogP contribution is 2.27. The Balaban J connectivity index is 1.90. The van der Waals surface area contributed by atoms with Gasteiger partial charge in [-0.3, -0.25) is 0 Å². The van der Waals surface area contributed by atoms with Gasteiger partial charge in [0, 0.05) is 5.56 Å². The minimum Gasteiger partial charge on any atom is -0.494 e. The van der Waals surface area contributed by atoms with E-state index in [4.69, 9.17) is 14.2 Å². The molecule has 0 saturated heterocycles. The Kier molecular flexibility index (Phi) is 7.14. The van der Waals surface area contributed by atoms with Crippen molar-refractivity contribution in [2.24, 2.45) is 0 Å². The monoisotopic (exact) mass is 358 g/mol. The summed E-state index contributed by atoms with van der Waals surface area (Å²) in [5.74, 6) is 1.96. The third kappa shape index (κ3) is 5.31. The molecular formula is C20H26N2O4. The normalized spacial score (nSPS) is 11.4. The van der Waals surface area contributed by atoms with Crippen LogP contribution in [0.4, 0.5) is 4.79 Å². The number of ether oxygens (including phenoxy) is 3. The summed E-state index contributed by atoms with van der Waals surface area (Å²) < 4.78 is 16.4. The molecule has 6 nitrogen and oxygen atoms in total. The fourth-order valence-corrected chi connectivity index (χ4v) is 2.54. The van der Waals surface area contributed by atoms with Crippen molar-refractivity contribution in [1.29, 1.82) is 0 Å². The highest BCUT2D eigenvalue weighted by atomic mass is 16.5. The smallest absolute Gasteiger partial charge is 0.317 e. The molecule has 0 aliphatic rings. The van der Waals surface area contributed by atoms with E-state index < -0.39 is 0 Å². The molecule has 0 spiro atoms. The van der Waals surface area contributed by atoms with Gasteiger partial charge in [0.25, 0.3) is 0 Å². The lowest BCUT2D eigenvalue weighted by Crippen LogP contribution is -2.39. The van der Waals surface area contributed by atoms with E-state index in [1.54, 1.807) is 19.2 Å². The Hall–Kier alpha value is -2.89. The maximum atomic E-state index is 12.2. The first kappa shape index (κ1) is 19.4. The predicted octanol–water partition coefficient (Wildman–Crippen LogP) is 3.80. The van der Waals surface area contributed by atoms with Gasteiger partial charge in [-0.25, -0.2) is 4.79 Å². The van der Waals surface area contributed by atoms with Gasteiger partial charge in [0.05, 0.1) is 19.8 Å². The number of nitrogens with one attached hydrogen (secondary N) is 2. The molecule has 0 radical (unpaired) electrons. The summed E-state index contributed by atoms with van der Waals surface area (Å²) in [4.78, 5) is 12.2. The van der Waals surface area contributed by atoms with Crippen molar-refractivity contribution >= 4 is 6.03 Å². The number of carbonyl (C=O) groups excluding carboxylic acids is 1. The Morgan fingerprint density at radius 1 is 1.08 bits per heavy atom. The Bertz CT molecular complexity index is 734. The van der Waals surface area contributed by atoms with E-state index in [1.807, 2.05) is 51.1 Å². The van der Waals surface area contributed by atoms with Crippen LogP contribution in [0.5, 0.6) is 17.2 Å². The van der Waals surface area contributed by atoms with E-state index in [0.29, 0.717) is 18.1 Å². The molecule has 2 amide bonds. The number of aryl methyl sites for hydroxylation is 1. The maximum absolute atomic E-state index is 12.2. The van der Waals surface area contributed by atoms with E-state index in [2.05, 4.69) is 10.6 Å². The topological polar surface area (TPSA) is 68.8 Å². The molecule has 2 rings (SSSR count). The SMILES string of the molecule is CCOc1ccc(C)cc1C(C)NC(=O)NCOc1ccccc1OC. The predicted molar refractivity (Wildman–Crippen MR) is 101 cm³/mol. The number of hydrogen-bond donors (Lipinski definition) is 2. The molecule has 1 unspecified atom stereocenters. The second-order valence-corrected chi connectivity index (χ2v) is 5.79. The van der Waals surface area contributed by atoms with Gasteiger partial charge in [0.2, 0.25) is 0 Å². The van der Waals surface area contributed by atoms with E-state index in [0.717, 1.165) is 16.9 Å². The number of amides is 2. The van der Waals surface area contributed by atoms with Crippen LogP contribution in [0, 0.1) is 6.92 Å². The van der Waals surface area contributed by atoms with Crippen molar-refractivity contribution in [2.75, 3.05) is 20.4 Å². The Morgan fingerprint density at radius 2 is 1.81 bits per heavy atom. The molecule has 0 aromatic heterocycles. The first-order chi connectivity index (χ1) is 12.5. The summed E-state index contributed by atoms with van der Waals surface area (Å²) in [7, 11) is 1.57. The number of para-hydroxylation sites is 2. The number of benzene rings is 2. The zero-order valence-corrected chi connectivity index (χ0v) is 15.7. The van der Waals surface area contributed by atoms with Gasteiger partial charge in [-0.1, -0.05) is 29.8 Å². The third-order valence-corrected chi connectivity index (χ3v) is 3.81. The van der Waals surface area contributed by atoms with Crippen molar-refractivity contribution in [3.63, 3.8) is 0 Å². The number of hydrogen-bond acceptors (Lipinski definition) is 4. The number of urea groups is 1. The lowest BCUT2D eigenvalue weighted by Gasteiger charge is -2.19. The van der Waals surface area contributed by atoms with Crippen molar-refractivity contribution in [1.82, 2.24) is 10.6 Å². The van der Waals surface area contributed by atoms with Crippen LogP contribution in [0.25, 0.3) is 0 Å². The van der Waals surface area contributed by atoms with Crippen LogP contribution in [0.15, 0.2) is 42.5 Å². The molecule has 1 atom stereocenters. The molecular weight excluding hydrogens is 332 g/mol. The van der Waals surface area contributed by atoms with Crippen molar-refractivity contribution in [3.05, 3.63) is 53.6 Å². The van der Waals surface area contributed by atoms with Gasteiger partial charge in [-0.2, -0.15) is 0 Å². The third-order valence-electron chi connectivity index (χ3n) is 3.81. The fourth-order valence-electron chi connectivity index (χ4n) is 2.54. The minimum absolute atomic E-state index is 0.0328. The molecule has 6 heteroatoms. The summed E-state index contributed by atoms with van der Waals surface area (Å²) >= 11 is 0. The molecule has 0 bridgehead atoms. The van der Waals surface area contributed by atoms with Crippen molar-refractivity contribution in [2.45, 2.75) is 26.8 Å². The minimum atomic E-state index is -0.323. The first-order valence-electron chi connectivity index (χ1n) is 8.58. The van der Waals surface area contributed by atoms with Gasteiger partial charge in [-0.05, 0) is 39.0 Å². The second-order valence-electron chi connectivity index (χ2n) is 5.79. The van der Waals surface area contributed by atoms with Crippen molar-refractivity contribution < 1.29 is 19.0 Å². The van der Waals surface area contributed by atoms with Gasteiger partial charge in [0.15, 0.2) is 18.2 Å². The van der Waals surface area contributed by atoms with Gasteiger partial charge in [0.1, 0.15) is 5.75 Å². The summed E-state index contributed by atoms with van der Waals surface area (Å²) in [6.45, 7) is 6.46. The number of rotatable bonds is 8. The highest BCUT2D eigenvalue weighted by molar-refractivity contribution is 5.74. The summed E-state index contributed by atoms with van der Waals surface area (Å²) in [6, 6.07) is 12.7. The van der Waals surface area contributed by atoms with E-state index in [-0.39, 0.29) is 18.8 Å². The molecule has 2 N–H and O–H groups in total. The summed E-state index contributed by atoms with van der Waals surface area (Å²) in [6.07, 6.45) is 0. The second kappa shape index (κ2) is 9.56. The van der Waals surface area contributed by atoms with Gasteiger partial charge >= 0.3 is 6.03 Å². The number of methoxy groups -OCH3 is 1. The van der Waals surface area contributed by atoms with Crippen LogP contribution in [-0.4, -0.2) is 26.5 Å². The molecule has 26 heavy (non-hydrogen) atoms. The highest BCUT2D eigenvalue weighted by Gasteiger charge is 2.14. The molecule has 0 heterocycles. The molecule has 140 valence electrons. The lowest BCUT2D eigenvalue weighted by atomic mass is 10.0. The van der Waals surface area contributed by atoms with E-state index in [9.17, 15) is 4.79 Å². The van der Waals surface area contributed by atoms with Crippen LogP contribution in [0.1, 0.15) is 31.0 Å². The first-order valence-corrected chi connectivity index (χ1v) is 8.58. The largest absolute Gasteiger partial charge is 0.494 e. The maximum Gasteiger partial charge on any atom is 0.317 e. The zero-order chi connectivity index (χ0) is 18.9. The lowest BCUT2D eigenvalue weighted by molar-refractivity contribution is 0.218. The molecule has 2 aromatic carbocycles. The van der Waals surface area contributed by atoms with Crippen LogP contribution in [0.3, 0.4) is 0 Å². The Morgan fingerprint density at radius 3 is 2.50 bits per heavy atom. The van der Waals surface area contributed by atoms with Gasteiger partial charge in [-0.15, -0.1) is 0 Å². The van der Waals surface area contributed by atoms with E-state index in [1.165, 1.54) is 0 Å². The van der Waals surface area contributed by atoms with Crippen LogP contribution in [-0.2, 0) is 0 Å².